The molecule has 0 aliphatic carbocycles. The van der Waals surface area contributed by atoms with E-state index in [1.807, 2.05) is 0 Å². The molecule has 1 unspecified atom stereocenters. The maximum atomic E-state index is 13.9. The van der Waals surface area contributed by atoms with E-state index in [0.29, 0.717) is 0 Å². The molecule has 1 aromatic carbocycles. The summed E-state index contributed by atoms with van der Waals surface area (Å²) in [4.78, 5) is 15.3. The molecule has 2 rings (SSSR count). The number of nitrogens with zero attached hydrogens (tertiary/aromatic N) is 1. The summed E-state index contributed by atoms with van der Waals surface area (Å²) >= 11 is 1.41. The largest absolute Gasteiger partial charge is 0.465 e. The van der Waals surface area contributed by atoms with Crippen LogP contribution in [0.25, 0.3) is 0 Å². The van der Waals surface area contributed by atoms with Crippen LogP contribution < -0.4 is 5.32 Å². The summed E-state index contributed by atoms with van der Waals surface area (Å²) in [5.74, 6) is -3.26. The fraction of sp³-hybridized carbons (Fsp3) is 0.231. The molecule has 0 amide bonds. The van der Waals surface area contributed by atoms with E-state index in [2.05, 4.69) is 15.0 Å². The molecule has 1 N–H and O–H groups in total. The smallest absolute Gasteiger partial charge is 0.340 e. The molecule has 0 saturated carbocycles. The molecule has 1 heterocycles. The first kappa shape index (κ1) is 14.4. The monoisotopic (exact) mass is 298 g/mol. The number of halogens is 2. The number of methoxy groups -OCH3 is 1. The Hall–Kier alpha value is -2.02. The van der Waals surface area contributed by atoms with Crippen molar-refractivity contribution in [2.75, 3.05) is 12.4 Å². The predicted octanol–water partition coefficient (Wildman–Crippen LogP) is 3.38. The van der Waals surface area contributed by atoms with Crippen molar-refractivity contribution < 1.29 is 18.3 Å². The van der Waals surface area contributed by atoms with E-state index in [0.717, 1.165) is 12.1 Å². The molecule has 0 radical (unpaired) electrons. The number of esters is 1. The number of anilines is 1. The number of carbonyl (C=O) groups is 1. The third kappa shape index (κ3) is 2.77. The lowest BCUT2D eigenvalue weighted by molar-refractivity contribution is 0.0594. The highest BCUT2D eigenvalue weighted by Crippen LogP contribution is 2.26. The van der Waals surface area contributed by atoms with Crippen molar-refractivity contribution in [2.24, 2.45) is 0 Å². The summed E-state index contributed by atoms with van der Waals surface area (Å²) < 4.78 is 32.0. The molecular formula is C13H12F2N2O2S. The van der Waals surface area contributed by atoms with Crippen molar-refractivity contribution in [3.63, 3.8) is 0 Å². The van der Waals surface area contributed by atoms with Gasteiger partial charge in [-0.2, -0.15) is 0 Å². The van der Waals surface area contributed by atoms with E-state index in [1.54, 1.807) is 18.5 Å². The van der Waals surface area contributed by atoms with Crippen molar-refractivity contribution in [2.45, 2.75) is 13.0 Å². The first-order chi connectivity index (χ1) is 9.54. The summed E-state index contributed by atoms with van der Waals surface area (Å²) in [5, 5.41) is 5.37. The SMILES string of the molecule is COC(=O)c1ccc(NC(C)c2nccs2)c(F)c1F. The van der Waals surface area contributed by atoms with E-state index in [9.17, 15) is 13.6 Å². The van der Waals surface area contributed by atoms with Crippen molar-refractivity contribution in [1.29, 1.82) is 0 Å². The maximum Gasteiger partial charge on any atom is 0.340 e. The molecule has 0 aliphatic heterocycles. The van der Waals surface area contributed by atoms with Gasteiger partial charge in [-0.25, -0.2) is 18.6 Å². The highest BCUT2D eigenvalue weighted by atomic mass is 32.1. The molecule has 0 aliphatic rings. The number of hydrogen-bond donors (Lipinski definition) is 1. The topological polar surface area (TPSA) is 51.2 Å². The Morgan fingerprint density at radius 1 is 1.40 bits per heavy atom. The van der Waals surface area contributed by atoms with E-state index < -0.39 is 23.2 Å². The van der Waals surface area contributed by atoms with Crippen LogP contribution in [0.5, 0.6) is 0 Å². The number of ether oxygens (including phenoxy) is 1. The van der Waals surface area contributed by atoms with E-state index in [4.69, 9.17) is 0 Å². The fourth-order valence-electron chi connectivity index (χ4n) is 1.67. The van der Waals surface area contributed by atoms with Gasteiger partial charge >= 0.3 is 5.97 Å². The van der Waals surface area contributed by atoms with Gasteiger partial charge in [0.15, 0.2) is 11.6 Å². The van der Waals surface area contributed by atoms with Gasteiger partial charge in [0.1, 0.15) is 5.01 Å². The molecule has 7 heteroatoms. The summed E-state index contributed by atoms with van der Waals surface area (Å²) in [6, 6.07) is 2.21. The Morgan fingerprint density at radius 3 is 2.75 bits per heavy atom. The van der Waals surface area contributed by atoms with Crippen LogP contribution in [0.2, 0.25) is 0 Å². The average molecular weight is 298 g/mol. The van der Waals surface area contributed by atoms with Crippen molar-refractivity contribution in [3.05, 3.63) is 45.9 Å². The van der Waals surface area contributed by atoms with Crippen LogP contribution in [0, 0.1) is 11.6 Å². The van der Waals surface area contributed by atoms with Gasteiger partial charge in [-0.3, -0.25) is 0 Å². The third-order valence-electron chi connectivity index (χ3n) is 2.68. The summed E-state index contributed by atoms with van der Waals surface area (Å²) in [6.07, 6.45) is 1.63. The Balaban J connectivity index is 2.26. The number of nitrogens with one attached hydrogen (secondary N) is 1. The zero-order valence-electron chi connectivity index (χ0n) is 10.8. The van der Waals surface area contributed by atoms with E-state index in [-0.39, 0.29) is 11.7 Å². The van der Waals surface area contributed by atoms with Crippen LogP contribution in [0.15, 0.2) is 23.7 Å². The minimum atomic E-state index is -1.23. The molecule has 1 aromatic heterocycles. The van der Waals surface area contributed by atoms with Crippen LogP contribution in [0.4, 0.5) is 14.5 Å². The van der Waals surface area contributed by atoms with Gasteiger partial charge in [0.2, 0.25) is 0 Å². The van der Waals surface area contributed by atoms with Gasteiger partial charge in [-0.05, 0) is 19.1 Å². The molecule has 0 fully saturated rings. The second-order valence-electron chi connectivity index (χ2n) is 4.02. The molecule has 1 atom stereocenters. The van der Waals surface area contributed by atoms with Gasteiger partial charge in [-0.15, -0.1) is 11.3 Å². The third-order valence-corrected chi connectivity index (χ3v) is 3.64. The van der Waals surface area contributed by atoms with Crippen LogP contribution in [-0.4, -0.2) is 18.1 Å². The molecule has 0 spiro atoms. The Kier molecular flexibility index (Phi) is 4.29. The normalized spacial score (nSPS) is 12.0. The number of carbonyl (C=O) groups excluding carboxylic acids is 1. The summed E-state index contributed by atoms with van der Waals surface area (Å²) in [7, 11) is 1.11. The highest BCUT2D eigenvalue weighted by molar-refractivity contribution is 7.09. The van der Waals surface area contributed by atoms with Crippen LogP contribution in [0.1, 0.15) is 28.3 Å². The lowest BCUT2D eigenvalue weighted by atomic mass is 10.1. The minimum Gasteiger partial charge on any atom is -0.465 e. The Morgan fingerprint density at radius 2 is 2.15 bits per heavy atom. The van der Waals surface area contributed by atoms with Gasteiger partial charge in [-0.1, -0.05) is 0 Å². The zero-order chi connectivity index (χ0) is 14.7. The lowest BCUT2D eigenvalue weighted by Crippen LogP contribution is -2.11. The number of rotatable bonds is 4. The van der Waals surface area contributed by atoms with Crippen molar-refractivity contribution in [3.8, 4) is 0 Å². The standard InChI is InChI=1S/C13H12F2N2O2S/c1-7(12-16-5-6-20-12)17-9-4-3-8(13(18)19-2)10(14)11(9)15/h3-7,17H,1-2H3. The fourth-order valence-corrected chi connectivity index (χ4v) is 2.32. The second-order valence-corrected chi connectivity index (χ2v) is 4.94. The van der Waals surface area contributed by atoms with E-state index in [1.165, 1.54) is 23.5 Å². The molecule has 0 saturated heterocycles. The summed E-state index contributed by atoms with van der Waals surface area (Å²) in [5.41, 5.74) is -0.463. The lowest BCUT2D eigenvalue weighted by Gasteiger charge is -2.14. The average Bonchev–Trinajstić information content (AvgIpc) is 2.97. The Labute approximate surface area is 118 Å². The molecule has 0 bridgehead atoms. The van der Waals surface area contributed by atoms with Crippen LogP contribution in [-0.2, 0) is 4.74 Å². The van der Waals surface area contributed by atoms with Crippen molar-refractivity contribution >= 4 is 23.0 Å². The predicted molar refractivity (Wildman–Crippen MR) is 71.8 cm³/mol. The van der Waals surface area contributed by atoms with Gasteiger partial charge < -0.3 is 10.1 Å². The first-order valence-corrected chi connectivity index (χ1v) is 6.64. The molecule has 20 heavy (non-hydrogen) atoms. The van der Waals surface area contributed by atoms with E-state index >= 15 is 0 Å². The van der Waals surface area contributed by atoms with Crippen LogP contribution in [0.3, 0.4) is 0 Å². The zero-order valence-corrected chi connectivity index (χ0v) is 11.6. The molecule has 4 nitrogen and oxygen atoms in total. The quantitative estimate of drug-likeness (QED) is 0.879. The maximum absolute atomic E-state index is 13.9. The van der Waals surface area contributed by atoms with Crippen molar-refractivity contribution in [1.82, 2.24) is 4.98 Å². The number of thiazole rings is 1. The minimum absolute atomic E-state index is 0.0298. The van der Waals surface area contributed by atoms with Gasteiger partial charge in [0, 0.05) is 11.6 Å². The first-order valence-electron chi connectivity index (χ1n) is 5.76. The molecule has 2 aromatic rings. The number of benzene rings is 1. The van der Waals surface area contributed by atoms with Gasteiger partial charge in [0.05, 0.1) is 24.4 Å². The summed E-state index contributed by atoms with van der Waals surface area (Å²) in [6.45, 7) is 1.78. The second kappa shape index (κ2) is 5.96. The number of hydrogen-bond acceptors (Lipinski definition) is 5. The van der Waals surface area contributed by atoms with Crippen LogP contribution >= 0.6 is 11.3 Å². The molecular weight excluding hydrogens is 286 g/mol. The highest BCUT2D eigenvalue weighted by Gasteiger charge is 2.20. The van der Waals surface area contributed by atoms with Gasteiger partial charge in [0.25, 0.3) is 0 Å². The number of aromatic nitrogens is 1. The molecule has 106 valence electrons. The Bertz CT molecular complexity index is 617.